The van der Waals surface area contributed by atoms with Crippen LogP contribution in [0.5, 0.6) is 0 Å². The third-order valence-corrected chi connectivity index (χ3v) is 11.6. The van der Waals surface area contributed by atoms with Crippen molar-refractivity contribution in [1.82, 2.24) is 5.32 Å². The van der Waals surface area contributed by atoms with Gasteiger partial charge in [-0.1, -0.05) is 152 Å². The van der Waals surface area contributed by atoms with Gasteiger partial charge in [-0.15, -0.1) is 0 Å². The average molecular weight is 622 g/mol. The van der Waals surface area contributed by atoms with E-state index in [1.165, 1.54) is 48.9 Å². The maximum absolute atomic E-state index is 3.88. The standard InChI is InChI=1S/C47H43N/c1-2-31-28-29-43(38-15-6-5-14-37(31)38)47-41-18-9-7-16-39(41)46(40-17-8-10-19-42(40)47)34-25-23-33(24-26-34)44-20-11-21-45(48-44)36-27-22-32-12-3-4-13-35(32)30-36/h3-23,25,27,30,32,35,39,41,45,48H,2,24,26,28-29H2,1H3. The first-order chi connectivity index (χ1) is 23.8. The van der Waals surface area contributed by atoms with Crippen molar-refractivity contribution in [3.63, 3.8) is 0 Å². The molecular formula is C47H43N. The SMILES string of the molecule is CCC1=c2ccccc2=C(C2=c3ccccc3=C(C3=CC=C(C4=CC=CC(C5=CC6C=CC=CC6C=C5)N4)CC3)C3C=CC=CC23)CC1. The van der Waals surface area contributed by atoms with Gasteiger partial charge in [0.1, 0.15) is 0 Å². The second-order valence-electron chi connectivity index (χ2n) is 14.1. The Balaban J connectivity index is 1.11. The smallest absolute Gasteiger partial charge is 0.0698 e. The fourth-order valence-corrected chi connectivity index (χ4v) is 9.18. The van der Waals surface area contributed by atoms with E-state index >= 15 is 0 Å². The maximum atomic E-state index is 3.88. The number of allylic oxidation sites excluding steroid dienone is 16. The molecule has 1 N–H and O–H groups in total. The van der Waals surface area contributed by atoms with E-state index in [2.05, 4.69) is 158 Å². The Morgan fingerprint density at radius 3 is 2.02 bits per heavy atom. The minimum atomic E-state index is 0.203. The van der Waals surface area contributed by atoms with Gasteiger partial charge in [0, 0.05) is 29.4 Å². The lowest BCUT2D eigenvalue weighted by Crippen LogP contribution is -2.43. The molecular weight excluding hydrogens is 579 g/mol. The molecule has 2 aromatic rings. The van der Waals surface area contributed by atoms with Crippen LogP contribution >= 0.6 is 0 Å². The van der Waals surface area contributed by atoms with Crippen LogP contribution < -0.4 is 26.2 Å². The number of nitrogens with one attached hydrogen (secondary N) is 1. The van der Waals surface area contributed by atoms with Gasteiger partial charge in [-0.05, 0) is 92.5 Å². The summed E-state index contributed by atoms with van der Waals surface area (Å²) in [5.74, 6) is 1.63. The fraction of sp³-hybridized carbons (Fsp3) is 0.234. The molecule has 48 heavy (non-hydrogen) atoms. The van der Waals surface area contributed by atoms with E-state index in [0.717, 1.165) is 32.1 Å². The zero-order chi connectivity index (χ0) is 32.0. The lowest BCUT2D eigenvalue weighted by atomic mass is 9.67. The van der Waals surface area contributed by atoms with Gasteiger partial charge < -0.3 is 5.32 Å². The third-order valence-electron chi connectivity index (χ3n) is 11.6. The van der Waals surface area contributed by atoms with E-state index in [9.17, 15) is 0 Å². The number of fused-ring (bicyclic) bond motifs is 4. The second-order valence-corrected chi connectivity index (χ2v) is 14.1. The summed E-state index contributed by atoms with van der Waals surface area (Å²) in [6.45, 7) is 2.31. The molecule has 0 saturated carbocycles. The van der Waals surface area contributed by atoms with Crippen LogP contribution in [-0.4, -0.2) is 6.04 Å². The van der Waals surface area contributed by atoms with E-state index in [0.29, 0.717) is 23.7 Å². The van der Waals surface area contributed by atoms with Crippen LogP contribution in [-0.2, 0) is 0 Å². The van der Waals surface area contributed by atoms with Gasteiger partial charge in [0.25, 0.3) is 0 Å². The molecule has 0 fully saturated rings. The summed E-state index contributed by atoms with van der Waals surface area (Å²) >= 11 is 0. The largest absolute Gasteiger partial charge is 0.375 e. The summed E-state index contributed by atoms with van der Waals surface area (Å²) in [5, 5.41) is 9.65. The molecule has 1 nitrogen and oxygen atoms in total. The van der Waals surface area contributed by atoms with Crippen LogP contribution in [0.1, 0.15) is 39.0 Å². The molecule has 1 heterocycles. The number of rotatable bonds is 5. The predicted molar refractivity (Wildman–Crippen MR) is 202 cm³/mol. The number of hydrogen-bond donors (Lipinski definition) is 1. The van der Waals surface area contributed by atoms with Crippen LogP contribution in [0.15, 0.2) is 168 Å². The first kappa shape index (κ1) is 29.3. The first-order valence-corrected chi connectivity index (χ1v) is 18.1. The second kappa shape index (κ2) is 12.3. The zero-order valence-electron chi connectivity index (χ0n) is 27.8. The monoisotopic (exact) mass is 621 g/mol. The molecule has 6 aliphatic carbocycles. The molecule has 1 heteroatoms. The summed E-state index contributed by atoms with van der Waals surface area (Å²) in [6.07, 6.45) is 42.7. The minimum absolute atomic E-state index is 0.203. The van der Waals surface area contributed by atoms with Crippen molar-refractivity contribution in [3.05, 3.63) is 189 Å². The van der Waals surface area contributed by atoms with E-state index in [1.807, 2.05) is 0 Å². The summed E-state index contributed by atoms with van der Waals surface area (Å²) < 4.78 is 0. The van der Waals surface area contributed by atoms with Gasteiger partial charge in [-0.3, -0.25) is 0 Å². The van der Waals surface area contributed by atoms with Crippen molar-refractivity contribution >= 4 is 22.3 Å². The van der Waals surface area contributed by atoms with Gasteiger partial charge in [-0.25, -0.2) is 0 Å². The summed E-state index contributed by atoms with van der Waals surface area (Å²) in [5.41, 5.74) is 11.7. The summed E-state index contributed by atoms with van der Waals surface area (Å²) in [4.78, 5) is 0. The predicted octanol–water partition coefficient (Wildman–Crippen LogP) is 7.48. The highest BCUT2D eigenvalue weighted by atomic mass is 14.9. The Morgan fingerprint density at radius 1 is 0.583 bits per heavy atom. The molecule has 0 spiro atoms. The van der Waals surface area contributed by atoms with Gasteiger partial charge in [0.2, 0.25) is 0 Å². The summed E-state index contributed by atoms with van der Waals surface area (Å²) in [7, 11) is 0. The molecule has 0 radical (unpaired) electrons. The van der Waals surface area contributed by atoms with Gasteiger partial charge in [-0.2, -0.15) is 0 Å². The molecule has 0 aromatic heterocycles. The quantitative estimate of drug-likeness (QED) is 0.365. The lowest BCUT2D eigenvalue weighted by molar-refractivity contribution is 0.637. The van der Waals surface area contributed by atoms with E-state index in [-0.39, 0.29) is 6.04 Å². The lowest BCUT2D eigenvalue weighted by Gasteiger charge is -2.36. The number of hydrogen-bond acceptors (Lipinski definition) is 1. The van der Waals surface area contributed by atoms with E-state index < -0.39 is 0 Å². The fourth-order valence-electron chi connectivity index (χ4n) is 9.18. The Morgan fingerprint density at radius 2 is 1.25 bits per heavy atom. The average Bonchev–Trinajstić information content (AvgIpc) is 3.16. The molecule has 5 atom stereocenters. The normalized spacial score (nSPS) is 28.1. The van der Waals surface area contributed by atoms with Crippen molar-refractivity contribution in [2.75, 3.05) is 0 Å². The third kappa shape index (κ3) is 4.99. The van der Waals surface area contributed by atoms with Crippen molar-refractivity contribution in [1.29, 1.82) is 0 Å². The molecule has 236 valence electrons. The van der Waals surface area contributed by atoms with Crippen LogP contribution in [0.3, 0.4) is 0 Å². The topological polar surface area (TPSA) is 12.0 Å². The molecule has 9 rings (SSSR count). The first-order valence-electron chi connectivity index (χ1n) is 18.1. The van der Waals surface area contributed by atoms with Crippen molar-refractivity contribution in [2.24, 2.45) is 23.7 Å². The minimum Gasteiger partial charge on any atom is -0.375 e. The van der Waals surface area contributed by atoms with Gasteiger partial charge in [0.05, 0.1) is 6.04 Å². The van der Waals surface area contributed by atoms with Gasteiger partial charge >= 0.3 is 0 Å². The van der Waals surface area contributed by atoms with Gasteiger partial charge in [0.15, 0.2) is 0 Å². The molecule has 7 aliphatic rings. The van der Waals surface area contributed by atoms with E-state index in [1.54, 1.807) is 16.7 Å². The Hall–Kier alpha value is -4.88. The Kier molecular flexibility index (Phi) is 7.50. The molecule has 0 amide bonds. The van der Waals surface area contributed by atoms with Crippen LogP contribution in [0.25, 0.3) is 22.3 Å². The molecule has 2 aromatic carbocycles. The highest BCUT2D eigenvalue weighted by Crippen LogP contribution is 2.44. The molecule has 0 bridgehead atoms. The summed E-state index contributed by atoms with van der Waals surface area (Å²) in [6, 6.07) is 18.6. The van der Waals surface area contributed by atoms with E-state index in [4.69, 9.17) is 0 Å². The molecule has 1 aliphatic heterocycles. The molecule has 0 saturated heterocycles. The highest BCUT2D eigenvalue weighted by molar-refractivity contribution is 5.95. The van der Waals surface area contributed by atoms with Crippen LogP contribution in [0.4, 0.5) is 0 Å². The molecule has 5 unspecified atom stereocenters. The van der Waals surface area contributed by atoms with Crippen molar-refractivity contribution < 1.29 is 0 Å². The zero-order valence-corrected chi connectivity index (χ0v) is 27.8. The van der Waals surface area contributed by atoms with Crippen molar-refractivity contribution in [2.45, 2.75) is 45.1 Å². The van der Waals surface area contributed by atoms with Crippen molar-refractivity contribution in [3.8, 4) is 0 Å². The van der Waals surface area contributed by atoms with Crippen LogP contribution in [0.2, 0.25) is 0 Å². The maximum Gasteiger partial charge on any atom is 0.0698 e. The Bertz CT molecular complexity index is 2270. The number of dihydropyridines is 1. The number of benzene rings is 2. The van der Waals surface area contributed by atoms with Crippen LogP contribution in [0, 0.1) is 23.7 Å². The highest BCUT2D eigenvalue weighted by Gasteiger charge is 2.34. The Labute approximate surface area is 284 Å².